The van der Waals surface area contributed by atoms with Gasteiger partial charge in [-0.05, 0) is 30.5 Å². The normalized spacial score (nSPS) is 20.8. The molecule has 2 aromatic heterocycles. The lowest BCUT2D eigenvalue weighted by Crippen LogP contribution is -2.43. The Labute approximate surface area is 199 Å². The summed E-state index contributed by atoms with van der Waals surface area (Å²) in [5.74, 6) is -0.263. The number of hydrogen-bond acceptors (Lipinski definition) is 5. The first kappa shape index (κ1) is 22.3. The largest absolute Gasteiger partial charge is 0.425 e. The summed E-state index contributed by atoms with van der Waals surface area (Å²) in [6, 6.07) is 9.95. The number of rotatable bonds is 6. The Hall–Kier alpha value is -3.46. The molecule has 2 amide bonds. The highest BCUT2D eigenvalue weighted by molar-refractivity contribution is 6.30. The number of ether oxygens (including phenoxy) is 1. The minimum atomic E-state index is -0.742. The molecule has 2 aliphatic rings. The van der Waals surface area contributed by atoms with Gasteiger partial charge in [-0.2, -0.15) is 0 Å². The van der Waals surface area contributed by atoms with Crippen LogP contribution in [0.4, 0.5) is 9.18 Å². The van der Waals surface area contributed by atoms with E-state index in [1.807, 2.05) is 6.07 Å². The molecule has 2 fully saturated rings. The molecule has 1 saturated heterocycles. The number of nitrogens with zero attached hydrogens (tertiary/aromatic N) is 3. The molecule has 1 aromatic carbocycles. The fourth-order valence-electron chi connectivity index (χ4n) is 4.59. The second kappa shape index (κ2) is 8.72. The van der Waals surface area contributed by atoms with E-state index in [2.05, 4.69) is 10.3 Å². The Balaban J connectivity index is 1.27. The van der Waals surface area contributed by atoms with E-state index in [-0.39, 0.29) is 47.2 Å². The van der Waals surface area contributed by atoms with Crippen molar-refractivity contribution in [2.45, 2.75) is 45.0 Å². The molecule has 1 aliphatic heterocycles. The van der Waals surface area contributed by atoms with E-state index in [1.165, 1.54) is 19.1 Å². The molecule has 1 aliphatic carbocycles. The number of imidazole rings is 1. The number of likely N-dealkylation sites (tertiary alicyclic amines) is 1. The third kappa shape index (κ3) is 4.11. The molecule has 0 radical (unpaired) electrons. The fraction of sp³-hybridized carbons (Fsp3) is 0.333. The molecule has 34 heavy (non-hydrogen) atoms. The van der Waals surface area contributed by atoms with Crippen molar-refractivity contribution in [1.29, 1.82) is 0 Å². The highest BCUT2D eigenvalue weighted by atomic mass is 35.5. The predicted molar refractivity (Wildman–Crippen MR) is 121 cm³/mol. The molecular formula is C24H22ClFN4O4. The number of Topliss-reactive ketones (excluding diaryl/α,β-unsaturated/α-hetero) is 1. The second-order valence-electron chi connectivity index (χ2n) is 8.59. The Morgan fingerprint density at radius 3 is 2.82 bits per heavy atom. The molecule has 0 spiro atoms. The molecule has 1 saturated carbocycles. The third-order valence-corrected chi connectivity index (χ3v) is 6.60. The van der Waals surface area contributed by atoms with Crippen LogP contribution in [0.1, 0.15) is 41.6 Å². The molecule has 8 nitrogen and oxygen atoms in total. The number of piperidine rings is 1. The third-order valence-electron chi connectivity index (χ3n) is 6.31. The number of hydrogen-bond donors (Lipinski definition) is 1. The highest BCUT2D eigenvalue weighted by Gasteiger charge is 2.55. The number of carbonyl (C=O) groups excluding carboxylic acids is 3. The van der Waals surface area contributed by atoms with E-state index >= 15 is 0 Å². The summed E-state index contributed by atoms with van der Waals surface area (Å²) in [7, 11) is 0. The van der Waals surface area contributed by atoms with Crippen molar-refractivity contribution in [2.24, 2.45) is 5.92 Å². The van der Waals surface area contributed by atoms with E-state index < -0.39 is 18.1 Å². The molecular weight excluding hydrogens is 463 g/mol. The lowest BCUT2D eigenvalue weighted by atomic mass is 10.2. The lowest BCUT2D eigenvalue weighted by molar-refractivity contribution is -0.139. The average Bonchev–Trinajstić information content (AvgIpc) is 3.31. The van der Waals surface area contributed by atoms with Crippen molar-refractivity contribution >= 4 is 34.9 Å². The quantitative estimate of drug-likeness (QED) is 0.538. The van der Waals surface area contributed by atoms with Crippen LogP contribution in [0.25, 0.3) is 5.52 Å². The minimum absolute atomic E-state index is 0.0224. The van der Waals surface area contributed by atoms with Crippen LogP contribution in [0.15, 0.2) is 42.6 Å². The van der Waals surface area contributed by atoms with Crippen molar-refractivity contribution in [3.63, 3.8) is 0 Å². The predicted octanol–water partition coefficient (Wildman–Crippen LogP) is 3.75. The maximum atomic E-state index is 14.0. The number of ketones is 1. The second-order valence-corrected chi connectivity index (χ2v) is 9.00. The summed E-state index contributed by atoms with van der Waals surface area (Å²) in [6.07, 6.45) is 1.69. The van der Waals surface area contributed by atoms with Crippen LogP contribution in [0.5, 0.6) is 0 Å². The zero-order valence-electron chi connectivity index (χ0n) is 18.3. The molecule has 0 bridgehead atoms. The van der Waals surface area contributed by atoms with Crippen LogP contribution in [0, 0.1) is 11.7 Å². The maximum absolute atomic E-state index is 14.0. The first-order chi connectivity index (χ1) is 16.3. The molecule has 3 aromatic rings. The van der Waals surface area contributed by atoms with Crippen LogP contribution < -0.4 is 5.32 Å². The van der Waals surface area contributed by atoms with Crippen LogP contribution in [-0.2, 0) is 22.5 Å². The summed E-state index contributed by atoms with van der Waals surface area (Å²) in [5, 5.41) is 2.49. The van der Waals surface area contributed by atoms with Gasteiger partial charge in [-0.15, -0.1) is 0 Å². The first-order valence-corrected chi connectivity index (χ1v) is 11.4. The SMILES string of the molecule is CC(=O)c1nc(CC(=O)N2[C@@H](OC(=O)NCc3cccc(Cl)c3F)C[C@H]3C[C@H]32)n2ccccc12. The summed E-state index contributed by atoms with van der Waals surface area (Å²) >= 11 is 5.77. The van der Waals surface area contributed by atoms with Gasteiger partial charge in [0, 0.05) is 37.7 Å². The molecule has 3 heterocycles. The number of nitrogens with one attached hydrogen (secondary N) is 1. The Kier molecular flexibility index (Phi) is 5.73. The number of pyridine rings is 1. The Bertz CT molecular complexity index is 1310. The first-order valence-electron chi connectivity index (χ1n) is 11.0. The monoisotopic (exact) mass is 484 g/mol. The van der Waals surface area contributed by atoms with E-state index in [4.69, 9.17) is 16.3 Å². The summed E-state index contributed by atoms with van der Waals surface area (Å²) in [4.78, 5) is 43.6. The van der Waals surface area contributed by atoms with E-state index in [9.17, 15) is 18.8 Å². The zero-order chi connectivity index (χ0) is 24.0. The number of benzene rings is 1. The fourth-order valence-corrected chi connectivity index (χ4v) is 4.79. The van der Waals surface area contributed by atoms with Gasteiger partial charge in [-0.25, -0.2) is 14.2 Å². The Morgan fingerprint density at radius 2 is 2.03 bits per heavy atom. The van der Waals surface area contributed by atoms with Crippen molar-refractivity contribution in [2.75, 3.05) is 0 Å². The number of alkyl carbamates (subject to hydrolysis) is 1. The highest BCUT2D eigenvalue weighted by Crippen LogP contribution is 2.48. The van der Waals surface area contributed by atoms with Gasteiger partial charge in [0.1, 0.15) is 17.3 Å². The molecule has 176 valence electrons. The number of halogens is 2. The van der Waals surface area contributed by atoms with Crippen molar-refractivity contribution in [3.8, 4) is 0 Å². The number of fused-ring (bicyclic) bond motifs is 2. The van der Waals surface area contributed by atoms with Gasteiger partial charge in [0.15, 0.2) is 12.0 Å². The van der Waals surface area contributed by atoms with Crippen molar-refractivity contribution in [3.05, 3.63) is 70.5 Å². The van der Waals surface area contributed by atoms with E-state index in [0.29, 0.717) is 23.5 Å². The van der Waals surface area contributed by atoms with Crippen LogP contribution in [0.2, 0.25) is 5.02 Å². The van der Waals surface area contributed by atoms with E-state index in [0.717, 1.165) is 6.42 Å². The van der Waals surface area contributed by atoms with Gasteiger partial charge in [0.2, 0.25) is 5.91 Å². The molecule has 10 heteroatoms. The molecule has 1 N–H and O–H groups in total. The van der Waals surface area contributed by atoms with Gasteiger partial charge in [0.25, 0.3) is 0 Å². The summed E-state index contributed by atoms with van der Waals surface area (Å²) in [6.45, 7) is 1.35. The molecule has 3 atom stereocenters. The van der Waals surface area contributed by atoms with E-state index in [1.54, 1.807) is 33.7 Å². The van der Waals surface area contributed by atoms with Crippen molar-refractivity contribution < 1.29 is 23.5 Å². The van der Waals surface area contributed by atoms with Crippen LogP contribution >= 0.6 is 11.6 Å². The molecule has 5 rings (SSSR count). The van der Waals surface area contributed by atoms with Gasteiger partial charge >= 0.3 is 6.09 Å². The molecule has 0 unspecified atom stereocenters. The standard InChI is InChI=1S/C24H22ClFN4O4/c1-13(31)23-17-7-2-3-8-29(17)19(28-23)11-20(32)30-18-9-15(18)10-21(30)34-24(33)27-12-14-5-4-6-16(25)22(14)26/h2-8,15,18,21H,9-12H2,1H3,(H,27,33)/t15-,18-,21+/m1/s1. The number of carbonyl (C=O) groups is 3. The van der Waals surface area contributed by atoms with Crippen LogP contribution in [0.3, 0.4) is 0 Å². The smallest absolute Gasteiger partial charge is 0.409 e. The summed E-state index contributed by atoms with van der Waals surface area (Å²) in [5.41, 5.74) is 1.19. The number of aromatic nitrogens is 2. The topological polar surface area (TPSA) is 93.0 Å². The van der Waals surface area contributed by atoms with Gasteiger partial charge in [-0.1, -0.05) is 29.8 Å². The average molecular weight is 485 g/mol. The van der Waals surface area contributed by atoms with Gasteiger partial charge in [-0.3, -0.25) is 9.59 Å². The minimum Gasteiger partial charge on any atom is -0.425 e. The van der Waals surface area contributed by atoms with Gasteiger partial charge < -0.3 is 19.4 Å². The number of amides is 2. The lowest BCUT2D eigenvalue weighted by Gasteiger charge is -2.27. The van der Waals surface area contributed by atoms with Crippen LogP contribution in [-0.4, -0.2) is 44.3 Å². The summed E-state index contributed by atoms with van der Waals surface area (Å²) < 4.78 is 21.3. The zero-order valence-corrected chi connectivity index (χ0v) is 19.1. The maximum Gasteiger partial charge on any atom is 0.409 e. The Morgan fingerprint density at radius 1 is 1.21 bits per heavy atom. The van der Waals surface area contributed by atoms with Gasteiger partial charge in [0.05, 0.1) is 17.0 Å². The van der Waals surface area contributed by atoms with Crippen molar-refractivity contribution in [1.82, 2.24) is 19.6 Å².